The van der Waals surface area contributed by atoms with Gasteiger partial charge in [0.25, 0.3) is 0 Å². The Bertz CT molecular complexity index is 622. The van der Waals surface area contributed by atoms with E-state index in [4.69, 9.17) is 5.11 Å². The smallest absolute Gasteiger partial charge is 0.354 e. The summed E-state index contributed by atoms with van der Waals surface area (Å²) in [6, 6.07) is 2.64. The van der Waals surface area contributed by atoms with Crippen LogP contribution in [0.1, 0.15) is 30.8 Å². The minimum absolute atomic E-state index is 0.199. The summed E-state index contributed by atoms with van der Waals surface area (Å²) in [4.78, 5) is 14.5. The third-order valence-electron chi connectivity index (χ3n) is 3.40. The van der Waals surface area contributed by atoms with Crippen LogP contribution in [-0.4, -0.2) is 41.9 Å². The monoisotopic (exact) mass is 313 g/mol. The third-order valence-corrected chi connectivity index (χ3v) is 4.87. The highest BCUT2D eigenvalue weighted by molar-refractivity contribution is 7.90. The van der Waals surface area contributed by atoms with Crippen molar-refractivity contribution in [3.8, 4) is 0 Å². The van der Waals surface area contributed by atoms with E-state index in [1.807, 2.05) is 13.8 Å². The molecule has 21 heavy (non-hydrogen) atoms. The average Bonchev–Trinajstić information content (AvgIpc) is 2.37. The third kappa shape index (κ3) is 3.92. The molecule has 8 heteroatoms. The highest BCUT2D eigenvalue weighted by Crippen LogP contribution is 2.24. The number of nitrogens with one attached hydrogen (secondary N) is 1. The first-order valence-electron chi connectivity index (χ1n) is 6.75. The summed E-state index contributed by atoms with van der Waals surface area (Å²) in [6.45, 7) is 4.98. The van der Waals surface area contributed by atoms with E-state index in [2.05, 4.69) is 9.71 Å². The summed E-state index contributed by atoms with van der Waals surface area (Å²) in [5.41, 5.74) is 0.00357. The van der Waals surface area contributed by atoms with Gasteiger partial charge in [-0.25, -0.2) is 9.78 Å². The fraction of sp³-hybridized carbons (Fsp3) is 0.538. The number of hydrogen-bond acceptors (Lipinski definition) is 4. The predicted molar refractivity (Wildman–Crippen MR) is 78.3 cm³/mol. The highest BCUT2D eigenvalue weighted by Gasteiger charge is 2.30. The van der Waals surface area contributed by atoms with Crippen LogP contribution in [0.4, 0.5) is 5.69 Å². The molecule has 1 aliphatic heterocycles. The van der Waals surface area contributed by atoms with Crippen molar-refractivity contribution in [2.24, 2.45) is 11.8 Å². The van der Waals surface area contributed by atoms with Crippen LogP contribution in [-0.2, 0) is 10.2 Å². The van der Waals surface area contributed by atoms with Crippen molar-refractivity contribution in [2.75, 3.05) is 17.8 Å². The summed E-state index contributed by atoms with van der Waals surface area (Å²) in [5.74, 6) is -0.592. The van der Waals surface area contributed by atoms with Gasteiger partial charge in [0.15, 0.2) is 0 Å². The van der Waals surface area contributed by atoms with Gasteiger partial charge in [-0.1, -0.05) is 13.8 Å². The molecular weight excluding hydrogens is 294 g/mol. The molecule has 2 atom stereocenters. The van der Waals surface area contributed by atoms with Gasteiger partial charge in [0.2, 0.25) is 0 Å². The van der Waals surface area contributed by atoms with E-state index in [-0.39, 0.29) is 11.4 Å². The van der Waals surface area contributed by atoms with Crippen LogP contribution >= 0.6 is 0 Å². The Labute approximate surface area is 124 Å². The van der Waals surface area contributed by atoms with Crippen LogP contribution in [0.3, 0.4) is 0 Å². The summed E-state index contributed by atoms with van der Waals surface area (Å²) in [5, 5.41) is 8.88. The van der Waals surface area contributed by atoms with Gasteiger partial charge in [0.05, 0.1) is 5.69 Å². The Morgan fingerprint density at radius 2 is 2.00 bits per heavy atom. The van der Waals surface area contributed by atoms with Crippen LogP contribution in [0.15, 0.2) is 18.3 Å². The van der Waals surface area contributed by atoms with Gasteiger partial charge < -0.3 is 5.11 Å². The molecule has 1 aliphatic rings. The van der Waals surface area contributed by atoms with Crippen LogP contribution in [0.25, 0.3) is 0 Å². The number of carboxylic acid groups (broad SMARTS) is 1. The molecule has 2 unspecified atom stereocenters. The normalized spacial score (nSPS) is 23.7. The molecule has 0 aliphatic carbocycles. The van der Waals surface area contributed by atoms with Gasteiger partial charge in [-0.15, -0.1) is 0 Å². The minimum atomic E-state index is -3.68. The first-order valence-corrected chi connectivity index (χ1v) is 8.19. The van der Waals surface area contributed by atoms with Crippen molar-refractivity contribution in [2.45, 2.75) is 20.3 Å². The van der Waals surface area contributed by atoms with E-state index in [1.165, 1.54) is 22.6 Å². The quantitative estimate of drug-likeness (QED) is 0.875. The van der Waals surface area contributed by atoms with E-state index in [0.29, 0.717) is 24.9 Å². The number of pyridine rings is 1. The lowest BCUT2D eigenvalue weighted by Gasteiger charge is -2.34. The largest absolute Gasteiger partial charge is 0.477 e. The van der Waals surface area contributed by atoms with Crippen LogP contribution in [0.5, 0.6) is 0 Å². The van der Waals surface area contributed by atoms with Crippen molar-refractivity contribution in [1.82, 2.24) is 9.29 Å². The lowest BCUT2D eigenvalue weighted by atomic mass is 9.94. The number of nitrogens with zero attached hydrogens (tertiary/aromatic N) is 2. The second-order valence-corrected chi connectivity index (χ2v) is 7.28. The number of rotatable bonds is 4. The molecule has 1 aromatic rings. The molecule has 2 N–H and O–H groups in total. The van der Waals surface area contributed by atoms with E-state index in [9.17, 15) is 13.2 Å². The molecule has 0 radical (unpaired) electrons. The Morgan fingerprint density at radius 1 is 1.38 bits per heavy atom. The van der Waals surface area contributed by atoms with E-state index < -0.39 is 16.2 Å². The second-order valence-electron chi connectivity index (χ2n) is 5.61. The summed E-state index contributed by atoms with van der Waals surface area (Å²) in [7, 11) is -3.68. The highest BCUT2D eigenvalue weighted by atomic mass is 32.2. The molecule has 0 amide bonds. The summed E-state index contributed by atoms with van der Waals surface area (Å²) >= 11 is 0. The van der Waals surface area contributed by atoms with E-state index in [0.717, 1.165) is 6.42 Å². The van der Waals surface area contributed by atoms with Crippen molar-refractivity contribution in [3.05, 3.63) is 24.0 Å². The summed E-state index contributed by atoms with van der Waals surface area (Å²) < 4.78 is 28.6. The lowest BCUT2D eigenvalue weighted by molar-refractivity contribution is 0.0690. The molecule has 0 spiro atoms. The Morgan fingerprint density at radius 3 is 2.57 bits per heavy atom. The molecule has 7 nitrogen and oxygen atoms in total. The topological polar surface area (TPSA) is 99.6 Å². The maximum Gasteiger partial charge on any atom is 0.354 e. The number of aromatic nitrogens is 1. The number of carboxylic acids is 1. The van der Waals surface area contributed by atoms with E-state index in [1.54, 1.807) is 0 Å². The second kappa shape index (κ2) is 5.98. The molecule has 0 bridgehead atoms. The van der Waals surface area contributed by atoms with Gasteiger partial charge in [-0.2, -0.15) is 12.7 Å². The standard InChI is InChI=1S/C13H19N3O4S/c1-9-5-10(2)8-16(7-9)21(19,20)15-11-3-4-14-12(6-11)13(17)18/h3-4,6,9-10H,5,7-8H2,1-2H3,(H,14,15)(H,17,18). The molecule has 1 saturated heterocycles. The maximum absolute atomic E-state index is 12.4. The fourth-order valence-corrected chi connectivity index (χ4v) is 4.08. The molecule has 0 saturated carbocycles. The SMILES string of the molecule is CC1CC(C)CN(S(=O)(=O)Nc2ccnc(C(=O)O)c2)C1. The van der Waals surface area contributed by atoms with Crippen LogP contribution in [0.2, 0.25) is 0 Å². The first kappa shape index (κ1) is 15.7. The molecule has 116 valence electrons. The lowest BCUT2D eigenvalue weighted by Crippen LogP contribution is -2.45. The number of hydrogen-bond donors (Lipinski definition) is 2. The molecule has 0 aromatic carbocycles. The average molecular weight is 313 g/mol. The fourth-order valence-electron chi connectivity index (χ4n) is 2.63. The van der Waals surface area contributed by atoms with E-state index >= 15 is 0 Å². The molecular formula is C13H19N3O4S. The first-order chi connectivity index (χ1) is 9.78. The van der Waals surface area contributed by atoms with Gasteiger partial charge in [0.1, 0.15) is 5.69 Å². The Kier molecular flexibility index (Phi) is 4.48. The van der Waals surface area contributed by atoms with Crippen LogP contribution in [0, 0.1) is 11.8 Å². The zero-order valence-electron chi connectivity index (χ0n) is 12.0. The van der Waals surface area contributed by atoms with Gasteiger partial charge in [-0.3, -0.25) is 4.72 Å². The maximum atomic E-state index is 12.4. The molecule has 1 fully saturated rings. The Balaban J connectivity index is 2.17. The Hall–Kier alpha value is -1.67. The molecule has 1 aromatic heterocycles. The van der Waals surface area contributed by atoms with Crippen LogP contribution < -0.4 is 4.72 Å². The number of anilines is 1. The van der Waals surface area contributed by atoms with Gasteiger partial charge in [-0.05, 0) is 30.4 Å². The molecule has 2 heterocycles. The number of carbonyl (C=O) groups is 1. The zero-order chi connectivity index (χ0) is 15.6. The van der Waals surface area contributed by atoms with Gasteiger partial charge in [0, 0.05) is 19.3 Å². The van der Waals surface area contributed by atoms with Crippen molar-refractivity contribution in [1.29, 1.82) is 0 Å². The van der Waals surface area contributed by atoms with Gasteiger partial charge >= 0.3 is 16.2 Å². The summed E-state index contributed by atoms with van der Waals surface area (Å²) in [6.07, 6.45) is 2.27. The predicted octanol–water partition coefficient (Wildman–Crippen LogP) is 1.41. The number of aromatic carboxylic acids is 1. The minimum Gasteiger partial charge on any atom is -0.477 e. The van der Waals surface area contributed by atoms with Crippen molar-refractivity contribution >= 4 is 21.9 Å². The van der Waals surface area contributed by atoms with Crippen molar-refractivity contribution in [3.63, 3.8) is 0 Å². The zero-order valence-corrected chi connectivity index (χ0v) is 12.8. The number of piperidine rings is 1. The van der Waals surface area contributed by atoms with Crippen molar-refractivity contribution < 1.29 is 18.3 Å². The molecule has 2 rings (SSSR count).